The van der Waals surface area contributed by atoms with Gasteiger partial charge in [-0.3, -0.25) is 0 Å². The lowest BCUT2D eigenvalue weighted by molar-refractivity contribution is 0.596. The number of halogens is 2. The highest BCUT2D eigenvalue weighted by Gasteiger charge is 2.14. The minimum Gasteiger partial charge on any atom is -0.232 e. The predicted octanol–water partition coefficient (Wildman–Crippen LogP) is 4.49. The van der Waals surface area contributed by atoms with Crippen LogP contribution in [0.2, 0.25) is 0 Å². The minimum absolute atomic E-state index is 0.251. The highest BCUT2D eigenvalue weighted by molar-refractivity contribution is 5.70. The molecule has 0 unspecified atom stereocenters. The second kappa shape index (κ2) is 4.34. The summed E-state index contributed by atoms with van der Waals surface area (Å²) in [6, 6.07) is 9.69. The van der Waals surface area contributed by atoms with Crippen LogP contribution in [0, 0.1) is 25.1 Å². The van der Waals surface area contributed by atoms with Crippen molar-refractivity contribution in [3.8, 4) is 11.1 Å². The monoisotopic (exact) mass is 229 g/mol. The zero-order valence-electron chi connectivity index (χ0n) is 9.17. The lowest BCUT2D eigenvalue weighted by atomic mass is 10.0. The van der Waals surface area contributed by atoms with Gasteiger partial charge in [-0.25, -0.2) is 13.6 Å². The molecule has 1 nitrogen and oxygen atoms in total. The van der Waals surface area contributed by atoms with E-state index in [1.165, 1.54) is 6.07 Å². The topological polar surface area (TPSA) is 4.36 Å². The molecule has 0 fully saturated rings. The first-order chi connectivity index (χ1) is 8.13. The lowest BCUT2D eigenvalue weighted by Gasteiger charge is -2.06. The number of rotatable bonds is 1. The van der Waals surface area contributed by atoms with E-state index in [4.69, 9.17) is 6.57 Å². The van der Waals surface area contributed by atoms with Crippen molar-refractivity contribution in [3.05, 3.63) is 65.0 Å². The molecule has 2 aromatic rings. The second-order valence-corrected chi connectivity index (χ2v) is 3.74. The van der Waals surface area contributed by atoms with Crippen LogP contribution in [0.25, 0.3) is 16.0 Å². The van der Waals surface area contributed by atoms with Crippen molar-refractivity contribution in [2.24, 2.45) is 0 Å². The van der Waals surface area contributed by atoms with Gasteiger partial charge < -0.3 is 0 Å². The molecule has 0 spiro atoms. The Balaban J connectivity index is 2.66. The zero-order valence-corrected chi connectivity index (χ0v) is 9.17. The van der Waals surface area contributed by atoms with E-state index in [1.807, 2.05) is 13.0 Å². The summed E-state index contributed by atoms with van der Waals surface area (Å²) in [7, 11) is 0. The number of hydrogen-bond acceptors (Lipinski definition) is 0. The largest absolute Gasteiger partial charge is 0.257 e. The van der Waals surface area contributed by atoms with Gasteiger partial charge >= 0.3 is 0 Å². The normalized spacial score (nSPS) is 10.0. The van der Waals surface area contributed by atoms with Crippen LogP contribution < -0.4 is 0 Å². The van der Waals surface area contributed by atoms with E-state index >= 15 is 0 Å². The summed E-state index contributed by atoms with van der Waals surface area (Å²) in [6.45, 7) is 8.66. The SMILES string of the molecule is [C-]#[N+]c1c(F)ccc(-c2cccc(C)c2)c1F. The van der Waals surface area contributed by atoms with Gasteiger partial charge in [0.2, 0.25) is 0 Å². The summed E-state index contributed by atoms with van der Waals surface area (Å²) in [5.74, 6) is -1.63. The predicted molar refractivity (Wildman–Crippen MR) is 62.8 cm³/mol. The number of hydrogen-bond donors (Lipinski definition) is 0. The van der Waals surface area contributed by atoms with Crippen molar-refractivity contribution in [1.29, 1.82) is 0 Å². The standard InChI is InChI=1S/C14H9F2N/c1-9-4-3-5-10(8-9)11-6-7-12(15)14(17-2)13(11)16/h3-8H,1H3. The Morgan fingerprint density at radius 2 is 1.88 bits per heavy atom. The fraction of sp³-hybridized carbons (Fsp3) is 0.0714. The van der Waals surface area contributed by atoms with Gasteiger partial charge in [-0.1, -0.05) is 35.9 Å². The van der Waals surface area contributed by atoms with Crippen molar-refractivity contribution in [2.45, 2.75) is 6.92 Å². The summed E-state index contributed by atoms with van der Waals surface area (Å²) in [6.07, 6.45) is 0. The number of nitrogens with zero attached hydrogens (tertiary/aromatic N) is 1. The Morgan fingerprint density at radius 3 is 2.53 bits per heavy atom. The number of aryl methyl sites for hydroxylation is 1. The Hall–Kier alpha value is -2.21. The second-order valence-electron chi connectivity index (χ2n) is 3.74. The molecule has 0 amide bonds. The molecular weight excluding hydrogens is 220 g/mol. The van der Waals surface area contributed by atoms with Crippen molar-refractivity contribution in [3.63, 3.8) is 0 Å². The molecule has 2 rings (SSSR count). The third-order valence-electron chi connectivity index (χ3n) is 2.51. The van der Waals surface area contributed by atoms with Crippen LogP contribution in [0.4, 0.5) is 14.5 Å². The fourth-order valence-electron chi connectivity index (χ4n) is 1.68. The van der Waals surface area contributed by atoms with Crippen LogP contribution in [-0.2, 0) is 0 Å². The molecule has 0 aliphatic heterocycles. The molecular formula is C14H9F2N. The van der Waals surface area contributed by atoms with Crippen LogP contribution in [0.15, 0.2) is 36.4 Å². The molecule has 0 aromatic heterocycles. The first kappa shape index (κ1) is 11.3. The van der Waals surface area contributed by atoms with E-state index in [-0.39, 0.29) is 5.56 Å². The Bertz CT molecular complexity index is 612. The zero-order chi connectivity index (χ0) is 12.4. The van der Waals surface area contributed by atoms with Gasteiger partial charge in [-0.2, -0.15) is 0 Å². The molecule has 0 aliphatic rings. The average molecular weight is 229 g/mol. The molecule has 0 heterocycles. The average Bonchev–Trinajstić information content (AvgIpc) is 2.29. The third-order valence-corrected chi connectivity index (χ3v) is 2.51. The molecule has 84 valence electrons. The maximum atomic E-state index is 13.9. The molecule has 0 radical (unpaired) electrons. The fourth-order valence-corrected chi connectivity index (χ4v) is 1.68. The van der Waals surface area contributed by atoms with E-state index in [0.29, 0.717) is 5.56 Å². The van der Waals surface area contributed by atoms with Crippen LogP contribution in [-0.4, -0.2) is 0 Å². The van der Waals surface area contributed by atoms with Gasteiger partial charge in [0, 0.05) is 5.56 Å². The van der Waals surface area contributed by atoms with Gasteiger partial charge in [-0.15, -0.1) is 0 Å². The van der Waals surface area contributed by atoms with Crippen LogP contribution >= 0.6 is 0 Å². The van der Waals surface area contributed by atoms with Crippen molar-refractivity contribution in [2.75, 3.05) is 0 Å². The van der Waals surface area contributed by atoms with Crippen LogP contribution in [0.5, 0.6) is 0 Å². The van der Waals surface area contributed by atoms with Crippen LogP contribution in [0.1, 0.15) is 5.56 Å². The molecule has 3 heteroatoms. The first-order valence-corrected chi connectivity index (χ1v) is 5.06. The van der Waals surface area contributed by atoms with E-state index < -0.39 is 17.3 Å². The quantitative estimate of drug-likeness (QED) is 0.634. The van der Waals surface area contributed by atoms with Crippen LogP contribution in [0.3, 0.4) is 0 Å². The molecule has 0 aliphatic carbocycles. The lowest BCUT2D eigenvalue weighted by Crippen LogP contribution is -1.88. The molecule has 0 saturated heterocycles. The van der Waals surface area contributed by atoms with Crippen molar-refractivity contribution in [1.82, 2.24) is 0 Å². The highest BCUT2D eigenvalue weighted by atomic mass is 19.1. The Kier molecular flexibility index (Phi) is 2.88. The van der Waals surface area contributed by atoms with E-state index in [0.717, 1.165) is 11.6 Å². The van der Waals surface area contributed by atoms with Gasteiger partial charge in [0.15, 0.2) is 0 Å². The van der Waals surface area contributed by atoms with E-state index in [2.05, 4.69) is 4.85 Å². The first-order valence-electron chi connectivity index (χ1n) is 5.06. The highest BCUT2D eigenvalue weighted by Crippen LogP contribution is 2.31. The van der Waals surface area contributed by atoms with E-state index in [9.17, 15) is 8.78 Å². The third kappa shape index (κ3) is 2.02. The maximum absolute atomic E-state index is 13.9. The Morgan fingerprint density at radius 1 is 1.12 bits per heavy atom. The summed E-state index contributed by atoms with van der Waals surface area (Å²) in [5.41, 5.74) is 1.33. The van der Waals surface area contributed by atoms with Gasteiger partial charge in [0.05, 0.1) is 6.57 Å². The van der Waals surface area contributed by atoms with E-state index in [1.54, 1.807) is 18.2 Å². The molecule has 0 bridgehead atoms. The van der Waals surface area contributed by atoms with Crippen molar-refractivity contribution >= 4 is 5.69 Å². The van der Waals surface area contributed by atoms with Gasteiger partial charge in [-0.05, 0) is 18.6 Å². The number of benzene rings is 2. The van der Waals surface area contributed by atoms with Crippen molar-refractivity contribution < 1.29 is 8.78 Å². The molecule has 17 heavy (non-hydrogen) atoms. The van der Waals surface area contributed by atoms with Gasteiger partial charge in [0.25, 0.3) is 5.69 Å². The maximum Gasteiger partial charge on any atom is 0.257 e. The minimum atomic E-state index is -0.825. The summed E-state index contributed by atoms with van der Waals surface area (Å²) in [5, 5.41) is 0. The molecule has 0 saturated carbocycles. The molecule has 0 atom stereocenters. The smallest absolute Gasteiger partial charge is 0.232 e. The molecule has 2 aromatic carbocycles. The van der Waals surface area contributed by atoms with Gasteiger partial charge in [0.1, 0.15) is 11.6 Å². The summed E-state index contributed by atoms with van der Waals surface area (Å²) in [4.78, 5) is 2.88. The summed E-state index contributed by atoms with van der Waals surface area (Å²) < 4.78 is 27.1. The Labute approximate surface area is 98.2 Å². The summed E-state index contributed by atoms with van der Waals surface area (Å²) >= 11 is 0. The molecule has 0 N–H and O–H groups in total.